The molecule has 114 valence electrons. The molecule has 0 aromatic carbocycles. The summed E-state index contributed by atoms with van der Waals surface area (Å²) in [5.74, 6) is 1.96. The van der Waals surface area contributed by atoms with E-state index in [1.54, 1.807) is 0 Å². The molecule has 1 aliphatic carbocycles. The van der Waals surface area contributed by atoms with Crippen molar-refractivity contribution >= 4 is 0 Å². The van der Waals surface area contributed by atoms with E-state index >= 15 is 0 Å². The third kappa shape index (κ3) is 5.48. The van der Waals surface area contributed by atoms with Crippen LogP contribution in [0.3, 0.4) is 0 Å². The van der Waals surface area contributed by atoms with Gasteiger partial charge in [-0.15, -0.1) is 0 Å². The third-order valence-corrected chi connectivity index (χ3v) is 5.58. The fraction of sp³-hybridized carbons (Fsp3) is 1.00. The first kappa shape index (κ1) is 16.0. The van der Waals surface area contributed by atoms with Gasteiger partial charge in [0.2, 0.25) is 0 Å². The standard InChI is InChI=1S/C15H29INO2/c1-2-13-3-5-14(6-4-13)11-17-9-7-15(8-10-17)19-12-16-18/h13-15,18H,2-12H2,1H3/q-1. The van der Waals surface area contributed by atoms with Crippen LogP contribution >= 0.6 is 0 Å². The molecule has 4 heteroatoms. The Kier molecular flexibility index (Phi) is 7.40. The van der Waals surface area contributed by atoms with Gasteiger partial charge in [-0.3, -0.25) is 0 Å². The second kappa shape index (κ2) is 8.80. The summed E-state index contributed by atoms with van der Waals surface area (Å²) >= 11 is -0.688. The van der Waals surface area contributed by atoms with E-state index in [0.29, 0.717) is 10.7 Å². The van der Waals surface area contributed by atoms with Crippen molar-refractivity contribution in [2.45, 2.75) is 58.0 Å². The molecule has 0 bridgehead atoms. The molecule has 0 atom stereocenters. The van der Waals surface area contributed by atoms with Crippen molar-refractivity contribution in [1.82, 2.24) is 4.90 Å². The summed E-state index contributed by atoms with van der Waals surface area (Å²) in [5.41, 5.74) is 0. The molecule has 1 saturated carbocycles. The number of hydrogen-bond acceptors (Lipinski definition) is 3. The predicted molar refractivity (Wildman–Crippen MR) is 73.4 cm³/mol. The molecular weight excluding hydrogens is 353 g/mol. The van der Waals surface area contributed by atoms with Crippen molar-refractivity contribution < 1.29 is 29.8 Å². The van der Waals surface area contributed by atoms with Crippen molar-refractivity contribution in [3.63, 3.8) is 0 Å². The number of hydrogen-bond donors (Lipinski definition) is 1. The van der Waals surface area contributed by atoms with Crippen LogP contribution in [0, 0.1) is 11.8 Å². The molecule has 2 aliphatic rings. The Bertz CT molecular complexity index is 236. The van der Waals surface area contributed by atoms with E-state index < -0.39 is 21.6 Å². The molecule has 3 nitrogen and oxygen atoms in total. The zero-order valence-electron chi connectivity index (χ0n) is 12.2. The molecule has 0 radical (unpaired) electrons. The number of piperidine rings is 1. The number of halogens is 1. The minimum atomic E-state index is -0.688. The van der Waals surface area contributed by atoms with Gasteiger partial charge < -0.3 is 0 Å². The first-order valence-electron chi connectivity index (χ1n) is 7.88. The van der Waals surface area contributed by atoms with Gasteiger partial charge >= 0.3 is 122 Å². The maximum atomic E-state index is 8.88. The van der Waals surface area contributed by atoms with E-state index in [9.17, 15) is 0 Å². The zero-order chi connectivity index (χ0) is 13.5. The van der Waals surface area contributed by atoms with E-state index in [1.807, 2.05) is 0 Å². The van der Waals surface area contributed by atoms with E-state index in [-0.39, 0.29) is 0 Å². The van der Waals surface area contributed by atoms with Gasteiger partial charge in [-0.25, -0.2) is 0 Å². The van der Waals surface area contributed by atoms with E-state index in [0.717, 1.165) is 24.7 Å². The van der Waals surface area contributed by atoms with Gasteiger partial charge in [-0.1, -0.05) is 6.92 Å². The number of ether oxygens (including phenoxy) is 1. The number of rotatable bonds is 6. The van der Waals surface area contributed by atoms with Crippen molar-refractivity contribution in [2.24, 2.45) is 11.8 Å². The van der Waals surface area contributed by atoms with Gasteiger partial charge in [0.1, 0.15) is 0 Å². The first-order chi connectivity index (χ1) is 9.31. The summed E-state index contributed by atoms with van der Waals surface area (Å²) in [7, 11) is 0. The summed E-state index contributed by atoms with van der Waals surface area (Å²) < 4.78 is 15.2. The van der Waals surface area contributed by atoms with Crippen LogP contribution in [0.4, 0.5) is 0 Å². The van der Waals surface area contributed by atoms with Crippen LogP contribution < -0.4 is 21.6 Å². The summed E-state index contributed by atoms with van der Waals surface area (Å²) in [6.45, 7) is 6.05. The predicted octanol–water partition coefficient (Wildman–Crippen LogP) is -0.362. The van der Waals surface area contributed by atoms with Gasteiger partial charge in [0.25, 0.3) is 0 Å². The third-order valence-electron chi connectivity index (χ3n) is 4.94. The molecule has 2 fully saturated rings. The summed E-state index contributed by atoms with van der Waals surface area (Å²) in [6.07, 6.45) is 9.93. The number of likely N-dealkylation sites (tertiary alicyclic amines) is 1. The molecule has 0 unspecified atom stereocenters. The molecule has 0 amide bonds. The van der Waals surface area contributed by atoms with Gasteiger partial charge in [-0.05, 0) is 0 Å². The van der Waals surface area contributed by atoms with Gasteiger partial charge in [0, 0.05) is 0 Å². The summed E-state index contributed by atoms with van der Waals surface area (Å²) in [4.78, 5) is 2.64. The van der Waals surface area contributed by atoms with Gasteiger partial charge in [-0.2, -0.15) is 0 Å². The van der Waals surface area contributed by atoms with E-state index in [4.69, 9.17) is 8.17 Å². The normalized spacial score (nSPS) is 30.8. The van der Waals surface area contributed by atoms with Crippen LogP contribution in [0.1, 0.15) is 51.9 Å². The number of alkyl halides is 1. The number of nitrogens with zero attached hydrogens (tertiary/aromatic N) is 1. The molecule has 1 saturated heterocycles. The Hall–Kier alpha value is 0.610. The average molecular weight is 382 g/mol. The molecule has 0 spiro atoms. The van der Waals surface area contributed by atoms with Crippen LogP contribution in [-0.4, -0.2) is 38.7 Å². The molecule has 1 N–H and O–H groups in total. The molecule has 1 heterocycles. The molecule has 0 aromatic rings. The van der Waals surface area contributed by atoms with E-state index in [2.05, 4.69) is 11.8 Å². The monoisotopic (exact) mass is 382 g/mol. The molecule has 0 aromatic heterocycles. The molecular formula is C15H29INO2-. The van der Waals surface area contributed by atoms with Crippen LogP contribution in [0.15, 0.2) is 0 Å². The van der Waals surface area contributed by atoms with Crippen molar-refractivity contribution in [3.05, 3.63) is 0 Å². The van der Waals surface area contributed by atoms with Crippen LogP contribution in [0.5, 0.6) is 0 Å². The minimum absolute atomic E-state index is 0.416. The summed E-state index contributed by atoms with van der Waals surface area (Å²) in [5, 5.41) is 0. The molecule has 2 rings (SSSR count). The Balaban J connectivity index is 1.60. The quantitative estimate of drug-likeness (QED) is 0.503. The molecule has 1 aliphatic heterocycles. The Morgan fingerprint density at radius 3 is 2.26 bits per heavy atom. The van der Waals surface area contributed by atoms with Gasteiger partial charge in [0.15, 0.2) is 0 Å². The zero-order valence-corrected chi connectivity index (χ0v) is 14.3. The van der Waals surface area contributed by atoms with Crippen molar-refractivity contribution in [2.75, 3.05) is 24.2 Å². The van der Waals surface area contributed by atoms with Crippen LogP contribution in [0.2, 0.25) is 0 Å². The Morgan fingerprint density at radius 1 is 1.05 bits per heavy atom. The van der Waals surface area contributed by atoms with Crippen molar-refractivity contribution in [3.8, 4) is 0 Å². The Morgan fingerprint density at radius 2 is 1.68 bits per heavy atom. The summed E-state index contributed by atoms with van der Waals surface area (Å²) in [6, 6.07) is 0. The fourth-order valence-electron chi connectivity index (χ4n) is 3.56. The second-order valence-corrected chi connectivity index (χ2v) is 7.50. The Labute approximate surface area is 128 Å². The van der Waals surface area contributed by atoms with Crippen LogP contribution in [-0.2, 0) is 4.74 Å². The van der Waals surface area contributed by atoms with Crippen molar-refractivity contribution in [1.29, 1.82) is 0 Å². The van der Waals surface area contributed by atoms with Gasteiger partial charge in [0.05, 0.1) is 0 Å². The first-order valence-corrected chi connectivity index (χ1v) is 10.4. The molecule has 19 heavy (non-hydrogen) atoms. The SMILES string of the molecule is CCC1CCC(CN2CCC(OC[I-]O)CC2)CC1. The average Bonchev–Trinajstić information content (AvgIpc) is 2.47. The fourth-order valence-corrected chi connectivity index (χ4v) is 4.23. The van der Waals surface area contributed by atoms with E-state index in [1.165, 1.54) is 51.7 Å². The topological polar surface area (TPSA) is 32.7 Å². The second-order valence-electron chi connectivity index (χ2n) is 6.19. The maximum absolute atomic E-state index is 8.88. The van der Waals surface area contributed by atoms with Crippen LogP contribution in [0.25, 0.3) is 0 Å².